The van der Waals surface area contributed by atoms with Crippen LogP contribution in [-0.4, -0.2) is 0 Å². The zero-order valence-electron chi connectivity index (χ0n) is 11.8. The Kier molecular flexibility index (Phi) is 6.56. The molecule has 110 valence electrons. The smallest absolute Gasteiger partial charge is 0.166 e. The molecule has 0 aliphatic heterocycles. The third kappa shape index (κ3) is 6.09. The summed E-state index contributed by atoms with van der Waals surface area (Å²) in [5.74, 6) is 0. The number of rotatable bonds is 7. The summed E-state index contributed by atoms with van der Waals surface area (Å²) in [5, 5.41) is 0. The van der Waals surface area contributed by atoms with Crippen molar-refractivity contribution in [1.29, 1.82) is 0 Å². The maximum absolute atomic E-state index is 12.4. The molecule has 0 N–H and O–H groups in total. The molecule has 0 aliphatic rings. The fourth-order valence-electron chi connectivity index (χ4n) is 1.83. The number of hydrogen-bond acceptors (Lipinski definition) is 0. The Balaban J connectivity index is 2.40. The van der Waals surface area contributed by atoms with Gasteiger partial charge in [-0.15, -0.1) is 0 Å². The summed E-state index contributed by atoms with van der Waals surface area (Å²) in [6.45, 7) is 6.15. The van der Waals surface area contributed by atoms with E-state index in [4.69, 9.17) is 0 Å². The highest BCUT2D eigenvalue weighted by molar-refractivity contribution is 5.26. The van der Waals surface area contributed by atoms with Gasteiger partial charge in [-0.2, -0.15) is 13.2 Å². The Morgan fingerprint density at radius 3 is 2.35 bits per heavy atom. The molecule has 0 bridgehead atoms. The Hall–Kier alpha value is -1.51. The highest BCUT2D eigenvalue weighted by Gasteiger charge is 2.29. The van der Waals surface area contributed by atoms with Crippen LogP contribution in [0.15, 0.2) is 48.6 Å². The van der Waals surface area contributed by atoms with E-state index in [0.29, 0.717) is 6.42 Å². The van der Waals surface area contributed by atoms with Gasteiger partial charge in [-0.05, 0) is 43.4 Å². The molecule has 3 heteroatoms. The molecule has 0 saturated heterocycles. The third-order valence-corrected chi connectivity index (χ3v) is 3.09. The third-order valence-electron chi connectivity index (χ3n) is 3.09. The second-order valence-corrected chi connectivity index (χ2v) is 4.93. The molecule has 0 nitrogen and oxygen atoms in total. The van der Waals surface area contributed by atoms with Crippen LogP contribution in [0.2, 0.25) is 0 Å². The number of unbranched alkanes of at least 4 members (excludes halogenated alkanes) is 1. The first kappa shape index (κ1) is 16.5. The van der Waals surface area contributed by atoms with Crippen LogP contribution in [0.5, 0.6) is 0 Å². The number of alkyl halides is 3. The minimum atomic E-state index is -4.26. The predicted octanol–water partition coefficient (Wildman–Crippen LogP) is 5.94. The molecule has 0 unspecified atom stereocenters. The van der Waals surface area contributed by atoms with E-state index in [1.807, 2.05) is 12.2 Å². The van der Waals surface area contributed by atoms with Gasteiger partial charge in [0, 0.05) is 0 Å². The highest BCUT2D eigenvalue weighted by atomic mass is 19.4. The lowest BCUT2D eigenvalue weighted by molar-refractivity contribution is -0.137. The van der Waals surface area contributed by atoms with Crippen molar-refractivity contribution in [3.05, 3.63) is 59.7 Å². The first-order valence-corrected chi connectivity index (χ1v) is 6.91. The van der Waals surface area contributed by atoms with Gasteiger partial charge in [0.05, 0.1) is 5.56 Å². The van der Waals surface area contributed by atoms with Gasteiger partial charge in [0.2, 0.25) is 0 Å². The van der Waals surface area contributed by atoms with E-state index in [9.17, 15) is 13.2 Å². The molecule has 1 aromatic rings. The van der Waals surface area contributed by atoms with Crippen LogP contribution in [0.1, 0.15) is 43.7 Å². The van der Waals surface area contributed by atoms with Crippen LogP contribution in [-0.2, 0) is 12.6 Å². The van der Waals surface area contributed by atoms with Gasteiger partial charge >= 0.3 is 6.18 Å². The van der Waals surface area contributed by atoms with E-state index in [2.05, 4.69) is 13.5 Å². The van der Waals surface area contributed by atoms with Gasteiger partial charge < -0.3 is 0 Å². The zero-order chi connectivity index (χ0) is 15.0. The maximum atomic E-state index is 12.4. The van der Waals surface area contributed by atoms with E-state index < -0.39 is 11.7 Å². The first-order valence-electron chi connectivity index (χ1n) is 6.91. The number of halogens is 3. The summed E-state index contributed by atoms with van der Waals surface area (Å²) < 4.78 is 37.2. The Morgan fingerprint density at radius 2 is 1.80 bits per heavy atom. The normalized spacial score (nSPS) is 12.0. The van der Waals surface area contributed by atoms with Crippen LogP contribution in [0.4, 0.5) is 13.2 Å². The van der Waals surface area contributed by atoms with Gasteiger partial charge in [0.25, 0.3) is 0 Å². The van der Waals surface area contributed by atoms with E-state index in [-0.39, 0.29) is 0 Å². The summed E-state index contributed by atoms with van der Waals surface area (Å²) in [4.78, 5) is 0. The SMILES string of the molecule is C=C(C/C=C\Cc1ccc(C(F)(F)F)cc1)CCCC. The number of allylic oxidation sites excluding steroid dienone is 3. The average molecular weight is 282 g/mol. The van der Waals surface area contributed by atoms with Crippen molar-refractivity contribution in [3.8, 4) is 0 Å². The minimum Gasteiger partial charge on any atom is -0.166 e. The molecule has 0 radical (unpaired) electrons. The van der Waals surface area contributed by atoms with Crippen molar-refractivity contribution >= 4 is 0 Å². The van der Waals surface area contributed by atoms with Crippen LogP contribution < -0.4 is 0 Å². The lowest BCUT2D eigenvalue weighted by Crippen LogP contribution is -2.04. The van der Waals surface area contributed by atoms with E-state index in [1.165, 1.54) is 17.7 Å². The second kappa shape index (κ2) is 7.93. The lowest BCUT2D eigenvalue weighted by Gasteiger charge is -2.06. The van der Waals surface area contributed by atoms with E-state index in [1.54, 1.807) is 0 Å². The minimum absolute atomic E-state index is 0.599. The average Bonchev–Trinajstić information content (AvgIpc) is 2.41. The van der Waals surface area contributed by atoms with Crippen molar-refractivity contribution < 1.29 is 13.2 Å². The molecule has 0 atom stereocenters. The van der Waals surface area contributed by atoms with E-state index in [0.717, 1.165) is 43.4 Å². The fourth-order valence-corrected chi connectivity index (χ4v) is 1.83. The molecule has 0 aliphatic carbocycles. The van der Waals surface area contributed by atoms with Crippen LogP contribution in [0, 0.1) is 0 Å². The van der Waals surface area contributed by atoms with Crippen molar-refractivity contribution in [2.75, 3.05) is 0 Å². The number of hydrogen-bond donors (Lipinski definition) is 0. The summed E-state index contributed by atoms with van der Waals surface area (Å²) >= 11 is 0. The molecule has 0 saturated carbocycles. The van der Waals surface area contributed by atoms with E-state index >= 15 is 0 Å². The van der Waals surface area contributed by atoms with Crippen LogP contribution >= 0.6 is 0 Å². The van der Waals surface area contributed by atoms with Crippen LogP contribution in [0.25, 0.3) is 0 Å². The molecule has 1 aromatic carbocycles. The van der Waals surface area contributed by atoms with Crippen molar-refractivity contribution in [3.63, 3.8) is 0 Å². The summed E-state index contributed by atoms with van der Waals surface area (Å²) in [5.41, 5.74) is 1.49. The van der Waals surface area contributed by atoms with Crippen molar-refractivity contribution in [2.24, 2.45) is 0 Å². The molecule has 0 fully saturated rings. The van der Waals surface area contributed by atoms with Gasteiger partial charge in [0.1, 0.15) is 0 Å². The maximum Gasteiger partial charge on any atom is 0.416 e. The Morgan fingerprint density at radius 1 is 1.15 bits per heavy atom. The van der Waals surface area contributed by atoms with Gasteiger partial charge in [0.15, 0.2) is 0 Å². The fraction of sp³-hybridized carbons (Fsp3) is 0.412. The molecule has 0 aromatic heterocycles. The van der Waals surface area contributed by atoms with Gasteiger partial charge in [-0.1, -0.05) is 49.8 Å². The zero-order valence-corrected chi connectivity index (χ0v) is 11.8. The van der Waals surface area contributed by atoms with Crippen molar-refractivity contribution in [2.45, 2.75) is 45.2 Å². The summed E-state index contributed by atoms with van der Waals surface area (Å²) in [7, 11) is 0. The molecule has 0 spiro atoms. The van der Waals surface area contributed by atoms with Crippen molar-refractivity contribution in [1.82, 2.24) is 0 Å². The monoisotopic (exact) mass is 282 g/mol. The Labute approximate surface area is 119 Å². The molecule has 1 rings (SSSR count). The van der Waals surface area contributed by atoms with Gasteiger partial charge in [-0.3, -0.25) is 0 Å². The highest BCUT2D eigenvalue weighted by Crippen LogP contribution is 2.29. The number of benzene rings is 1. The molecule has 0 heterocycles. The second-order valence-electron chi connectivity index (χ2n) is 4.93. The molecular weight excluding hydrogens is 261 g/mol. The molecule has 0 amide bonds. The lowest BCUT2D eigenvalue weighted by atomic mass is 10.1. The Bertz CT molecular complexity index is 438. The largest absolute Gasteiger partial charge is 0.416 e. The van der Waals surface area contributed by atoms with Crippen LogP contribution in [0.3, 0.4) is 0 Å². The molecular formula is C17H21F3. The quantitative estimate of drug-likeness (QED) is 0.543. The standard InChI is InChI=1S/C17H21F3/c1-3-4-7-14(2)8-5-6-9-15-10-12-16(13-11-15)17(18,19)20/h5-6,10-13H,2-4,7-9H2,1H3/b6-5-. The first-order chi connectivity index (χ1) is 9.43. The summed E-state index contributed by atoms with van der Waals surface area (Å²) in [6, 6.07) is 5.31. The summed E-state index contributed by atoms with van der Waals surface area (Å²) in [6.07, 6.45) is 4.63. The topological polar surface area (TPSA) is 0 Å². The van der Waals surface area contributed by atoms with Gasteiger partial charge in [-0.25, -0.2) is 0 Å². The molecule has 20 heavy (non-hydrogen) atoms. The predicted molar refractivity (Wildman–Crippen MR) is 77.6 cm³/mol.